The summed E-state index contributed by atoms with van der Waals surface area (Å²) in [5, 5.41) is 5.08. The summed E-state index contributed by atoms with van der Waals surface area (Å²) in [5.74, 6) is 0.578. The maximum atomic E-state index is 11.8. The van der Waals surface area contributed by atoms with Gasteiger partial charge in [-0.2, -0.15) is 5.10 Å². The number of aromatic amines is 1. The van der Waals surface area contributed by atoms with E-state index in [0.29, 0.717) is 5.76 Å². The molecule has 2 N–H and O–H groups in total. The molecule has 3 rings (SSSR count). The van der Waals surface area contributed by atoms with E-state index in [4.69, 9.17) is 4.42 Å². The zero-order valence-corrected chi connectivity index (χ0v) is 11.8. The predicted octanol–water partition coefficient (Wildman–Crippen LogP) is 3.14. The van der Waals surface area contributed by atoms with Gasteiger partial charge in [0, 0.05) is 22.2 Å². The van der Waals surface area contributed by atoms with Crippen molar-refractivity contribution in [2.45, 2.75) is 13.8 Å². The summed E-state index contributed by atoms with van der Waals surface area (Å²) in [6.07, 6.45) is 1.64. The molecule has 2 heterocycles. The van der Waals surface area contributed by atoms with E-state index in [1.54, 1.807) is 25.3 Å². The minimum absolute atomic E-state index is 0.250. The van der Waals surface area contributed by atoms with E-state index in [9.17, 15) is 4.79 Å². The van der Waals surface area contributed by atoms with Crippen molar-refractivity contribution in [2.24, 2.45) is 5.10 Å². The average Bonchev–Trinajstić information content (AvgIpc) is 3.03. The molecule has 0 aliphatic carbocycles. The summed E-state index contributed by atoms with van der Waals surface area (Å²) in [5.41, 5.74) is 5.47. The van der Waals surface area contributed by atoms with E-state index in [-0.39, 0.29) is 11.7 Å². The molecular weight excluding hydrogens is 266 g/mol. The van der Waals surface area contributed by atoms with Crippen molar-refractivity contribution in [3.63, 3.8) is 0 Å². The summed E-state index contributed by atoms with van der Waals surface area (Å²) >= 11 is 0. The third-order valence-corrected chi connectivity index (χ3v) is 3.27. The Kier molecular flexibility index (Phi) is 3.31. The van der Waals surface area contributed by atoms with Gasteiger partial charge in [0.15, 0.2) is 5.76 Å². The van der Waals surface area contributed by atoms with Gasteiger partial charge in [0.2, 0.25) is 0 Å². The number of amides is 1. The minimum atomic E-state index is -0.364. The Morgan fingerprint density at radius 2 is 2.05 bits per heavy atom. The van der Waals surface area contributed by atoms with Crippen LogP contribution < -0.4 is 5.43 Å². The molecule has 5 heteroatoms. The second kappa shape index (κ2) is 5.28. The second-order valence-corrected chi connectivity index (χ2v) is 4.82. The third kappa shape index (κ3) is 2.58. The zero-order chi connectivity index (χ0) is 14.8. The highest BCUT2D eigenvalue weighted by Gasteiger charge is 2.09. The van der Waals surface area contributed by atoms with E-state index in [0.717, 1.165) is 22.2 Å². The van der Waals surface area contributed by atoms with Crippen LogP contribution in [0.4, 0.5) is 0 Å². The lowest BCUT2D eigenvalue weighted by Crippen LogP contribution is -2.16. The number of H-pyrrole nitrogens is 1. The first kappa shape index (κ1) is 13.2. The number of carbonyl (C=O) groups excluding carboxylic acids is 1. The predicted molar refractivity (Wildman–Crippen MR) is 81.5 cm³/mol. The molecule has 0 atom stereocenters. The topological polar surface area (TPSA) is 70.4 Å². The number of rotatable bonds is 3. The van der Waals surface area contributed by atoms with Gasteiger partial charge in [0.05, 0.1) is 6.21 Å². The number of nitrogens with one attached hydrogen (secondary N) is 2. The van der Waals surface area contributed by atoms with E-state index >= 15 is 0 Å². The quantitative estimate of drug-likeness (QED) is 0.572. The van der Waals surface area contributed by atoms with Crippen molar-refractivity contribution in [3.05, 3.63) is 59.2 Å². The van der Waals surface area contributed by atoms with Crippen LogP contribution in [0.15, 0.2) is 45.9 Å². The lowest BCUT2D eigenvalue weighted by Gasteiger charge is -1.96. The smallest absolute Gasteiger partial charge is 0.307 e. The van der Waals surface area contributed by atoms with Crippen molar-refractivity contribution >= 4 is 23.0 Å². The maximum absolute atomic E-state index is 11.8. The van der Waals surface area contributed by atoms with Crippen LogP contribution in [0.5, 0.6) is 0 Å². The molecule has 0 aliphatic heterocycles. The monoisotopic (exact) mass is 281 g/mol. The number of hydrogen-bond acceptors (Lipinski definition) is 3. The molecular formula is C16H15N3O2. The van der Waals surface area contributed by atoms with Gasteiger partial charge in [-0.3, -0.25) is 4.79 Å². The highest BCUT2D eigenvalue weighted by Crippen LogP contribution is 2.19. The number of hydrogen-bond donors (Lipinski definition) is 2. The van der Waals surface area contributed by atoms with E-state index < -0.39 is 0 Å². The van der Waals surface area contributed by atoms with E-state index in [1.165, 1.54) is 0 Å². The Bertz CT molecular complexity index is 827. The molecule has 0 radical (unpaired) electrons. The summed E-state index contributed by atoms with van der Waals surface area (Å²) in [6, 6.07) is 11.3. The lowest BCUT2D eigenvalue weighted by atomic mass is 10.1. The van der Waals surface area contributed by atoms with Gasteiger partial charge in [-0.1, -0.05) is 18.2 Å². The van der Waals surface area contributed by atoms with E-state index in [2.05, 4.69) is 15.5 Å². The molecule has 0 unspecified atom stereocenters. The number of para-hydroxylation sites is 1. The number of nitrogens with zero attached hydrogens (tertiary/aromatic N) is 1. The molecule has 5 nitrogen and oxygen atoms in total. The molecule has 1 aromatic carbocycles. The fourth-order valence-corrected chi connectivity index (χ4v) is 2.23. The average molecular weight is 281 g/mol. The van der Waals surface area contributed by atoms with Gasteiger partial charge in [-0.25, -0.2) is 5.43 Å². The zero-order valence-electron chi connectivity index (χ0n) is 11.8. The summed E-state index contributed by atoms with van der Waals surface area (Å²) < 4.78 is 5.23. The van der Waals surface area contributed by atoms with Crippen LogP contribution >= 0.6 is 0 Å². The first-order chi connectivity index (χ1) is 10.1. The molecule has 1 amide bonds. The van der Waals surface area contributed by atoms with Gasteiger partial charge in [-0.15, -0.1) is 0 Å². The Morgan fingerprint density at radius 3 is 2.81 bits per heavy atom. The summed E-state index contributed by atoms with van der Waals surface area (Å²) in [7, 11) is 0. The van der Waals surface area contributed by atoms with Gasteiger partial charge in [-0.05, 0) is 32.0 Å². The first-order valence-corrected chi connectivity index (χ1v) is 6.62. The number of aryl methyl sites for hydroxylation is 2. The molecule has 0 saturated heterocycles. The number of carbonyl (C=O) groups is 1. The molecule has 0 spiro atoms. The Morgan fingerprint density at radius 1 is 1.24 bits per heavy atom. The number of hydrazone groups is 1. The van der Waals surface area contributed by atoms with Crippen LogP contribution in [0.2, 0.25) is 0 Å². The number of benzene rings is 1. The minimum Gasteiger partial charge on any atom is -0.456 e. The number of furan rings is 1. The van der Waals surface area contributed by atoms with Gasteiger partial charge < -0.3 is 9.40 Å². The van der Waals surface area contributed by atoms with Crippen LogP contribution in [0.1, 0.15) is 27.6 Å². The lowest BCUT2D eigenvalue weighted by molar-refractivity contribution is 0.0926. The van der Waals surface area contributed by atoms with Crippen molar-refractivity contribution in [1.82, 2.24) is 10.4 Å². The second-order valence-electron chi connectivity index (χ2n) is 4.82. The third-order valence-electron chi connectivity index (χ3n) is 3.27. The first-order valence-electron chi connectivity index (χ1n) is 6.62. The molecule has 0 bridgehead atoms. The number of aromatic nitrogens is 1. The van der Waals surface area contributed by atoms with Crippen molar-refractivity contribution in [1.29, 1.82) is 0 Å². The highest BCUT2D eigenvalue weighted by molar-refractivity contribution is 6.01. The SMILES string of the molecule is Cc1ccc(C(=O)N/N=C/c2c(C)[nH]c3ccccc23)o1. The van der Waals surface area contributed by atoms with Crippen LogP contribution in [0, 0.1) is 13.8 Å². The van der Waals surface area contributed by atoms with Crippen molar-refractivity contribution in [2.75, 3.05) is 0 Å². The van der Waals surface area contributed by atoms with Crippen LogP contribution in [-0.2, 0) is 0 Å². The normalized spacial score (nSPS) is 11.3. The molecule has 3 aromatic rings. The largest absolute Gasteiger partial charge is 0.456 e. The Balaban J connectivity index is 1.79. The highest BCUT2D eigenvalue weighted by atomic mass is 16.3. The van der Waals surface area contributed by atoms with Crippen LogP contribution in [-0.4, -0.2) is 17.1 Å². The number of fused-ring (bicyclic) bond motifs is 1. The Hall–Kier alpha value is -2.82. The fourth-order valence-electron chi connectivity index (χ4n) is 2.23. The molecule has 106 valence electrons. The molecule has 21 heavy (non-hydrogen) atoms. The Labute approximate surface area is 121 Å². The summed E-state index contributed by atoms with van der Waals surface area (Å²) in [4.78, 5) is 15.1. The van der Waals surface area contributed by atoms with E-state index in [1.807, 2.05) is 31.2 Å². The summed E-state index contributed by atoms with van der Waals surface area (Å²) in [6.45, 7) is 3.76. The molecule has 0 fully saturated rings. The van der Waals surface area contributed by atoms with Gasteiger partial charge >= 0.3 is 5.91 Å². The molecule has 2 aromatic heterocycles. The van der Waals surface area contributed by atoms with Crippen LogP contribution in [0.3, 0.4) is 0 Å². The maximum Gasteiger partial charge on any atom is 0.307 e. The fraction of sp³-hybridized carbons (Fsp3) is 0.125. The molecule has 0 aliphatic rings. The van der Waals surface area contributed by atoms with Crippen molar-refractivity contribution in [3.8, 4) is 0 Å². The van der Waals surface area contributed by atoms with Gasteiger partial charge in [0.25, 0.3) is 0 Å². The van der Waals surface area contributed by atoms with Crippen molar-refractivity contribution < 1.29 is 9.21 Å². The molecule has 0 saturated carbocycles. The van der Waals surface area contributed by atoms with Gasteiger partial charge in [0.1, 0.15) is 5.76 Å². The standard InChI is InChI=1S/C16H15N3O2/c1-10-7-8-15(21-10)16(20)19-17-9-13-11(2)18-14-6-4-3-5-12(13)14/h3-9,18H,1-2H3,(H,19,20)/b17-9+. The van der Waals surface area contributed by atoms with Crippen LogP contribution in [0.25, 0.3) is 10.9 Å².